The molecule has 0 atom stereocenters. The van der Waals surface area contributed by atoms with E-state index >= 15 is 0 Å². The molecule has 0 spiro atoms. The van der Waals surface area contributed by atoms with Gasteiger partial charge in [0.15, 0.2) is 0 Å². The molecule has 0 amide bonds. The van der Waals surface area contributed by atoms with Crippen LogP contribution >= 0.6 is 0 Å². The van der Waals surface area contributed by atoms with Crippen molar-refractivity contribution in [2.24, 2.45) is 0 Å². The number of carbonyl (C=O) groups excluding carboxylic acids is 1. The molecule has 6 heteroatoms. The number of benzene rings is 1. The van der Waals surface area contributed by atoms with E-state index in [0.29, 0.717) is 6.07 Å². The van der Waals surface area contributed by atoms with E-state index in [1.807, 2.05) is 0 Å². The Morgan fingerprint density at radius 3 is 2.53 bits per heavy atom. The van der Waals surface area contributed by atoms with Crippen LogP contribution in [0.3, 0.4) is 0 Å². The predicted molar refractivity (Wildman–Crippen MR) is 65.1 cm³/mol. The highest BCUT2D eigenvalue weighted by atomic mass is 19.1. The second kappa shape index (κ2) is 5.52. The molecule has 0 aliphatic heterocycles. The third-order valence-electron chi connectivity index (χ3n) is 3.25. The van der Waals surface area contributed by atoms with Crippen LogP contribution in [0.4, 0.5) is 14.5 Å². The summed E-state index contributed by atoms with van der Waals surface area (Å²) in [6.07, 6.45) is 1.67. The molecule has 1 aromatic carbocycles. The number of hydrogen-bond donors (Lipinski definition) is 1. The molecule has 1 aliphatic rings. The van der Waals surface area contributed by atoms with Gasteiger partial charge >= 0.3 is 5.97 Å². The van der Waals surface area contributed by atoms with Gasteiger partial charge in [0.25, 0.3) is 0 Å². The molecule has 19 heavy (non-hydrogen) atoms. The molecule has 1 aliphatic carbocycles. The van der Waals surface area contributed by atoms with Crippen molar-refractivity contribution in [2.45, 2.75) is 25.0 Å². The summed E-state index contributed by atoms with van der Waals surface area (Å²) in [6, 6.07) is 1.88. The fourth-order valence-corrected chi connectivity index (χ4v) is 2.02. The molecule has 0 aromatic heterocycles. The van der Waals surface area contributed by atoms with E-state index in [1.54, 1.807) is 7.11 Å². The number of halogens is 2. The lowest BCUT2D eigenvalue weighted by molar-refractivity contribution is 0.0327. The minimum absolute atomic E-state index is 0.0652. The lowest BCUT2D eigenvalue weighted by Crippen LogP contribution is -2.40. The fourth-order valence-electron chi connectivity index (χ4n) is 2.02. The van der Waals surface area contributed by atoms with Gasteiger partial charge in [0, 0.05) is 19.2 Å². The standard InChI is InChI=1S/C13H15F2NO3/c1-18-8-3-7(4-8)16-12-5-9(13(17)19-2)10(14)6-11(12)15/h5-8,16H,3-4H2,1-2H3. The normalized spacial score (nSPS) is 21.7. The van der Waals surface area contributed by atoms with Crippen LogP contribution in [0.5, 0.6) is 0 Å². The van der Waals surface area contributed by atoms with E-state index in [9.17, 15) is 13.6 Å². The molecule has 0 heterocycles. The van der Waals surface area contributed by atoms with Crippen molar-refractivity contribution in [1.82, 2.24) is 0 Å². The summed E-state index contributed by atoms with van der Waals surface area (Å²) >= 11 is 0. The zero-order valence-electron chi connectivity index (χ0n) is 10.7. The van der Waals surface area contributed by atoms with Gasteiger partial charge in [0.05, 0.1) is 24.5 Å². The van der Waals surface area contributed by atoms with E-state index in [4.69, 9.17) is 4.74 Å². The summed E-state index contributed by atoms with van der Waals surface area (Å²) in [4.78, 5) is 11.3. The number of rotatable bonds is 4. The van der Waals surface area contributed by atoms with Gasteiger partial charge in [0.2, 0.25) is 0 Å². The number of nitrogens with one attached hydrogen (secondary N) is 1. The molecule has 1 fully saturated rings. The van der Waals surface area contributed by atoms with Gasteiger partial charge in [-0.3, -0.25) is 0 Å². The molecule has 1 N–H and O–H groups in total. The molecule has 2 rings (SSSR count). The molecule has 0 unspecified atom stereocenters. The Balaban J connectivity index is 2.14. The lowest BCUT2D eigenvalue weighted by Gasteiger charge is -2.35. The van der Waals surface area contributed by atoms with E-state index in [0.717, 1.165) is 26.0 Å². The van der Waals surface area contributed by atoms with Crippen LogP contribution in [0.1, 0.15) is 23.2 Å². The van der Waals surface area contributed by atoms with Gasteiger partial charge < -0.3 is 14.8 Å². The lowest BCUT2D eigenvalue weighted by atomic mass is 9.89. The highest BCUT2D eigenvalue weighted by Gasteiger charge is 2.29. The monoisotopic (exact) mass is 271 g/mol. The van der Waals surface area contributed by atoms with E-state index < -0.39 is 17.6 Å². The van der Waals surface area contributed by atoms with Crippen LogP contribution in [0.2, 0.25) is 0 Å². The average molecular weight is 271 g/mol. The zero-order valence-corrected chi connectivity index (χ0v) is 10.7. The highest BCUT2D eigenvalue weighted by Crippen LogP contribution is 2.28. The molecule has 4 nitrogen and oxygen atoms in total. The summed E-state index contributed by atoms with van der Waals surface area (Å²) < 4.78 is 36.6. The number of ether oxygens (including phenoxy) is 2. The molecular formula is C13H15F2NO3. The first-order valence-corrected chi connectivity index (χ1v) is 5.91. The first kappa shape index (κ1) is 13.7. The Bertz CT molecular complexity index is 487. The Hall–Kier alpha value is -1.69. The molecule has 104 valence electrons. The van der Waals surface area contributed by atoms with Gasteiger partial charge in [-0.15, -0.1) is 0 Å². The fraction of sp³-hybridized carbons (Fsp3) is 0.462. The second-order valence-corrected chi connectivity index (χ2v) is 4.47. The third-order valence-corrected chi connectivity index (χ3v) is 3.25. The first-order valence-electron chi connectivity index (χ1n) is 5.91. The first-order chi connectivity index (χ1) is 9.05. The van der Waals surface area contributed by atoms with Crippen LogP contribution in [-0.4, -0.2) is 32.3 Å². The van der Waals surface area contributed by atoms with Crippen LogP contribution < -0.4 is 5.32 Å². The Labute approximate surface area is 109 Å². The SMILES string of the molecule is COC(=O)c1cc(NC2CC(OC)C2)c(F)cc1F. The van der Waals surface area contributed by atoms with Gasteiger partial charge in [-0.25, -0.2) is 13.6 Å². The van der Waals surface area contributed by atoms with Crippen LogP contribution in [0.25, 0.3) is 0 Å². The van der Waals surface area contributed by atoms with Gasteiger partial charge in [-0.1, -0.05) is 0 Å². The Morgan fingerprint density at radius 2 is 1.95 bits per heavy atom. The maximum Gasteiger partial charge on any atom is 0.340 e. The summed E-state index contributed by atoms with van der Waals surface area (Å²) in [5, 5.41) is 2.93. The van der Waals surface area contributed by atoms with Crippen LogP contribution in [0, 0.1) is 11.6 Å². The molecule has 0 bridgehead atoms. The predicted octanol–water partition coefficient (Wildman–Crippen LogP) is 2.34. The molecule has 1 aromatic rings. The molecule has 1 saturated carbocycles. The van der Waals surface area contributed by atoms with Crippen molar-refractivity contribution < 1.29 is 23.0 Å². The second-order valence-electron chi connectivity index (χ2n) is 4.47. The highest BCUT2D eigenvalue weighted by molar-refractivity contribution is 5.90. The van der Waals surface area contributed by atoms with Crippen molar-refractivity contribution in [3.63, 3.8) is 0 Å². The van der Waals surface area contributed by atoms with Gasteiger partial charge in [-0.05, 0) is 18.9 Å². The Kier molecular flexibility index (Phi) is 3.99. The largest absolute Gasteiger partial charge is 0.465 e. The minimum Gasteiger partial charge on any atom is -0.465 e. The van der Waals surface area contributed by atoms with Crippen molar-refractivity contribution in [3.05, 3.63) is 29.3 Å². The van der Waals surface area contributed by atoms with E-state index in [2.05, 4.69) is 10.1 Å². The van der Waals surface area contributed by atoms with Crippen LogP contribution in [-0.2, 0) is 9.47 Å². The summed E-state index contributed by atoms with van der Waals surface area (Å²) in [6.45, 7) is 0. The van der Waals surface area contributed by atoms with Crippen molar-refractivity contribution >= 4 is 11.7 Å². The maximum absolute atomic E-state index is 13.6. The maximum atomic E-state index is 13.6. The van der Waals surface area contributed by atoms with Crippen molar-refractivity contribution in [2.75, 3.05) is 19.5 Å². The molecule has 0 radical (unpaired) electrons. The van der Waals surface area contributed by atoms with Crippen molar-refractivity contribution in [3.8, 4) is 0 Å². The summed E-state index contributed by atoms with van der Waals surface area (Å²) in [5.41, 5.74) is -0.185. The third kappa shape index (κ3) is 2.84. The van der Waals surface area contributed by atoms with Crippen LogP contribution in [0.15, 0.2) is 12.1 Å². The van der Waals surface area contributed by atoms with E-state index in [1.165, 1.54) is 0 Å². The topological polar surface area (TPSA) is 47.6 Å². The summed E-state index contributed by atoms with van der Waals surface area (Å²) in [7, 11) is 2.77. The molecule has 0 saturated heterocycles. The number of anilines is 1. The Morgan fingerprint density at radius 1 is 1.26 bits per heavy atom. The zero-order chi connectivity index (χ0) is 14.0. The number of hydrogen-bond acceptors (Lipinski definition) is 4. The van der Waals surface area contributed by atoms with Crippen molar-refractivity contribution in [1.29, 1.82) is 0 Å². The quantitative estimate of drug-likeness (QED) is 0.854. The average Bonchev–Trinajstić information content (AvgIpc) is 2.34. The number of methoxy groups -OCH3 is 2. The minimum atomic E-state index is -0.932. The van der Waals surface area contributed by atoms with Gasteiger partial charge in [0.1, 0.15) is 11.6 Å². The molecular weight excluding hydrogens is 256 g/mol. The van der Waals surface area contributed by atoms with Gasteiger partial charge in [-0.2, -0.15) is 0 Å². The van der Waals surface area contributed by atoms with E-state index in [-0.39, 0.29) is 23.4 Å². The number of esters is 1. The summed E-state index contributed by atoms with van der Waals surface area (Å²) in [5.74, 6) is -2.49. The number of carbonyl (C=O) groups is 1. The smallest absolute Gasteiger partial charge is 0.340 e.